The standard InChI is InChI=1S/C39H57NO5/c1-25(2)31-28(35-42-23-39(12,13)24-43-35)21-40(44-22-26-17-15-14-16-18-26)32(31)34(41)45-33-29(37(6,7)8)19-27(36(3,4)5)20-30(33)38(9,10)11/h14-20,25,31-32H,21-24H2,1-13H3/t31-,32-/m1/s1. The number of ether oxygens (including phenoxy) is 3. The second-order valence-electron chi connectivity index (χ2n) is 17.2. The van der Waals surface area contributed by atoms with Gasteiger partial charge in [0.25, 0.3) is 5.95 Å². The lowest BCUT2D eigenvalue weighted by molar-refractivity contribution is -0.195. The molecule has 0 saturated carbocycles. The van der Waals surface area contributed by atoms with E-state index in [0.717, 1.165) is 22.3 Å². The summed E-state index contributed by atoms with van der Waals surface area (Å²) < 4.78 is 19.1. The zero-order valence-electron chi connectivity index (χ0n) is 30.1. The molecule has 2 aliphatic rings. The van der Waals surface area contributed by atoms with Crippen LogP contribution >= 0.6 is 0 Å². The zero-order valence-corrected chi connectivity index (χ0v) is 30.1. The first-order valence-corrected chi connectivity index (χ1v) is 16.5. The van der Waals surface area contributed by atoms with E-state index in [1.807, 2.05) is 30.3 Å². The summed E-state index contributed by atoms with van der Waals surface area (Å²) in [7, 11) is 0. The third-order valence-corrected chi connectivity index (χ3v) is 8.80. The van der Waals surface area contributed by atoms with E-state index in [9.17, 15) is 4.79 Å². The van der Waals surface area contributed by atoms with E-state index in [1.165, 1.54) is 5.56 Å². The van der Waals surface area contributed by atoms with Crippen LogP contribution in [0.25, 0.3) is 0 Å². The van der Waals surface area contributed by atoms with Crippen LogP contribution in [0.4, 0.5) is 0 Å². The summed E-state index contributed by atoms with van der Waals surface area (Å²) in [6, 6.07) is 13.8. The van der Waals surface area contributed by atoms with E-state index in [4.69, 9.17) is 19.0 Å². The van der Waals surface area contributed by atoms with Crippen LogP contribution in [0.3, 0.4) is 0 Å². The minimum absolute atomic E-state index is 0.0611. The van der Waals surface area contributed by atoms with Gasteiger partial charge >= 0.3 is 5.97 Å². The summed E-state index contributed by atoms with van der Waals surface area (Å²) in [4.78, 5) is 21.1. The summed E-state index contributed by atoms with van der Waals surface area (Å²) in [5, 5.41) is 1.80. The molecule has 2 aromatic rings. The summed E-state index contributed by atoms with van der Waals surface area (Å²) in [5.41, 5.74) is 4.62. The average Bonchev–Trinajstić information content (AvgIpc) is 3.30. The molecular formula is C39H57NO5. The molecule has 2 aromatic carbocycles. The van der Waals surface area contributed by atoms with Gasteiger partial charge in [0.1, 0.15) is 11.8 Å². The van der Waals surface area contributed by atoms with E-state index in [0.29, 0.717) is 38.1 Å². The average molecular weight is 620 g/mol. The number of benzene rings is 2. The van der Waals surface area contributed by atoms with Gasteiger partial charge in [-0.3, -0.25) is 4.84 Å². The Balaban J connectivity index is 1.81. The molecule has 2 aliphatic heterocycles. The topological polar surface area (TPSA) is 57.2 Å². The third-order valence-electron chi connectivity index (χ3n) is 8.80. The predicted octanol–water partition coefficient (Wildman–Crippen LogP) is 8.86. The number of carbonyl (C=O) groups is 1. The van der Waals surface area contributed by atoms with Gasteiger partial charge in [-0.15, -0.1) is 0 Å². The van der Waals surface area contributed by atoms with Gasteiger partial charge in [-0.05, 0) is 33.3 Å². The summed E-state index contributed by atoms with van der Waals surface area (Å²) >= 11 is 0. The molecule has 2 saturated heterocycles. The van der Waals surface area contributed by atoms with Crippen LogP contribution < -0.4 is 4.74 Å². The van der Waals surface area contributed by atoms with Crippen LogP contribution in [-0.4, -0.2) is 36.8 Å². The summed E-state index contributed by atoms with van der Waals surface area (Å²) in [5.74, 6) is 0.746. The second-order valence-corrected chi connectivity index (χ2v) is 17.2. The predicted molar refractivity (Wildman–Crippen MR) is 181 cm³/mol. The second kappa shape index (κ2) is 12.8. The van der Waals surface area contributed by atoms with Gasteiger partial charge < -0.3 is 14.2 Å². The third kappa shape index (κ3) is 8.13. The first-order chi connectivity index (χ1) is 20.7. The van der Waals surface area contributed by atoms with Crippen LogP contribution in [0.15, 0.2) is 54.0 Å². The van der Waals surface area contributed by atoms with E-state index >= 15 is 0 Å². The van der Waals surface area contributed by atoms with Crippen molar-refractivity contribution >= 4 is 5.97 Å². The fraction of sp³-hybridized carbons (Fsp3) is 0.615. The number of rotatable bonds is 6. The minimum Gasteiger partial charge on any atom is -0.465 e. The monoisotopic (exact) mass is 619 g/mol. The maximum absolute atomic E-state index is 14.7. The molecule has 4 rings (SSSR count). The molecule has 2 heterocycles. The highest BCUT2D eigenvalue weighted by molar-refractivity contribution is 5.81. The van der Waals surface area contributed by atoms with Crippen molar-refractivity contribution in [3.05, 3.63) is 76.2 Å². The van der Waals surface area contributed by atoms with E-state index in [-0.39, 0.29) is 39.5 Å². The number of hydrogen-bond donors (Lipinski definition) is 0. The first-order valence-electron chi connectivity index (χ1n) is 16.5. The zero-order chi connectivity index (χ0) is 33.5. The molecule has 0 unspecified atom stereocenters. The molecular weight excluding hydrogens is 562 g/mol. The lowest BCUT2D eigenvalue weighted by Crippen LogP contribution is -2.44. The molecule has 2 fully saturated rings. The molecule has 0 radical (unpaired) electrons. The maximum Gasteiger partial charge on any atom is 0.331 e. The number of carbonyl (C=O) groups excluding carboxylic acids is 1. The van der Waals surface area contributed by atoms with Gasteiger partial charge in [-0.1, -0.05) is 132 Å². The number of hydroxylamine groups is 2. The Morgan fingerprint density at radius 3 is 1.89 bits per heavy atom. The van der Waals surface area contributed by atoms with Crippen molar-refractivity contribution in [1.82, 2.24) is 5.06 Å². The molecule has 0 aromatic heterocycles. The van der Waals surface area contributed by atoms with Gasteiger partial charge in [-0.2, -0.15) is 5.06 Å². The van der Waals surface area contributed by atoms with Crippen molar-refractivity contribution < 1.29 is 23.8 Å². The largest absolute Gasteiger partial charge is 0.465 e. The summed E-state index contributed by atoms with van der Waals surface area (Å²) in [6.07, 6.45) is 0. The number of esters is 1. The number of nitrogens with zero attached hydrogens (tertiary/aromatic N) is 1. The highest BCUT2D eigenvalue weighted by atomic mass is 16.7. The van der Waals surface area contributed by atoms with Crippen molar-refractivity contribution in [3.8, 4) is 5.75 Å². The molecule has 0 aliphatic carbocycles. The van der Waals surface area contributed by atoms with E-state index in [1.54, 1.807) is 5.06 Å². The van der Waals surface area contributed by atoms with Crippen molar-refractivity contribution in [1.29, 1.82) is 0 Å². The molecule has 0 spiro atoms. The molecule has 0 bridgehead atoms. The summed E-state index contributed by atoms with van der Waals surface area (Å²) in [6.45, 7) is 30.2. The molecule has 2 atom stereocenters. The minimum atomic E-state index is -0.679. The number of hydrogen-bond acceptors (Lipinski definition) is 6. The highest BCUT2D eigenvalue weighted by Crippen LogP contribution is 2.45. The quantitative estimate of drug-likeness (QED) is 0.238. The molecule has 0 N–H and O–H groups in total. The van der Waals surface area contributed by atoms with Gasteiger partial charge in [0, 0.05) is 28.0 Å². The lowest BCUT2D eigenvalue weighted by Gasteiger charge is -2.34. The smallest absolute Gasteiger partial charge is 0.331 e. The Morgan fingerprint density at radius 1 is 0.889 bits per heavy atom. The van der Waals surface area contributed by atoms with Crippen molar-refractivity contribution in [2.24, 2.45) is 17.3 Å². The van der Waals surface area contributed by atoms with Crippen molar-refractivity contribution in [2.75, 3.05) is 19.8 Å². The Kier molecular flexibility index (Phi) is 9.93. The van der Waals surface area contributed by atoms with Crippen LogP contribution in [0.5, 0.6) is 5.75 Å². The fourth-order valence-electron chi connectivity index (χ4n) is 6.07. The maximum atomic E-state index is 14.7. The molecule has 248 valence electrons. The Hall–Kier alpha value is -2.83. The Labute approximate surface area is 272 Å². The van der Waals surface area contributed by atoms with Gasteiger partial charge in [-0.25, -0.2) is 4.79 Å². The highest BCUT2D eigenvalue weighted by Gasteiger charge is 2.49. The first kappa shape index (κ1) is 35.0. The molecule has 6 heteroatoms. The molecule has 6 nitrogen and oxygen atoms in total. The fourth-order valence-corrected chi connectivity index (χ4v) is 6.07. The van der Waals surface area contributed by atoms with E-state index in [2.05, 4.69) is 102 Å². The molecule has 0 amide bonds. The van der Waals surface area contributed by atoms with Gasteiger partial charge in [0.05, 0.1) is 26.4 Å². The Bertz CT molecular complexity index is 1340. The van der Waals surface area contributed by atoms with Crippen LogP contribution in [0.1, 0.15) is 112 Å². The Morgan fingerprint density at radius 2 is 1.42 bits per heavy atom. The van der Waals surface area contributed by atoms with E-state index < -0.39 is 6.04 Å². The van der Waals surface area contributed by atoms with Crippen molar-refractivity contribution in [2.45, 2.75) is 119 Å². The van der Waals surface area contributed by atoms with Crippen molar-refractivity contribution in [3.63, 3.8) is 0 Å². The normalized spacial score (nSPS) is 21.1. The van der Waals surface area contributed by atoms with Crippen LogP contribution in [0, 0.1) is 17.3 Å². The SMILES string of the molecule is CC(C)[C@@H]1C(=C2OCC(C)(C)CO2)CN(OCc2ccccc2)[C@H]1C(=O)Oc1c(C(C)(C)C)cc(C(C)(C)C)cc1C(C)(C)C. The lowest BCUT2D eigenvalue weighted by atomic mass is 9.74. The van der Waals surface area contributed by atoms with Gasteiger partial charge in [0.15, 0.2) is 0 Å². The van der Waals surface area contributed by atoms with Crippen LogP contribution in [-0.2, 0) is 42.0 Å². The van der Waals surface area contributed by atoms with Crippen LogP contribution in [0.2, 0.25) is 0 Å². The molecule has 45 heavy (non-hydrogen) atoms. The van der Waals surface area contributed by atoms with Gasteiger partial charge in [0.2, 0.25) is 0 Å².